The fourth-order valence-electron chi connectivity index (χ4n) is 2.40. The van der Waals surface area contributed by atoms with Gasteiger partial charge in [0.2, 0.25) is 0 Å². The van der Waals surface area contributed by atoms with Gasteiger partial charge in [0.25, 0.3) is 0 Å². The van der Waals surface area contributed by atoms with Gasteiger partial charge in [-0.2, -0.15) is 0 Å². The second-order valence-corrected chi connectivity index (χ2v) is 4.65. The quantitative estimate of drug-likeness (QED) is 0.895. The van der Waals surface area contributed by atoms with Crippen LogP contribution < -0.4 is 5.32 Å². The van der Waals surface area contributed by atoms with Crippen molar-refractivity contribution in [3.8, 4) is 0 Å². The molecule has 1 N–H and O–H groups in total. The molecule has 3 rings (SSSR count). The van der Waals surface area contributed by atoms with Gasteiger partial charge in [-0.05, 0) is 37.8 Å². The van der Waals surface area contributed by atoms with Gasteiger partial charge in [-0.3, -0.25) is 4.98 Å². The van der Waals surface area contributed by atoms with Crippen LogP contribution in [0.5, 0.6) is 0 Å². The van der Waals surface area contributed by atoms with Crippen molar-refractivity contribution in [1.82, 2.24) is 15.0 Å². The third-order valence-corrected chi connectivity index (χ3v) is 3.41. The first-order valence-electron chi connectivity index (χ1n) is 6.34. The maximum absolute atomic E-state index is 4.37. The van der Waals surface area contributed by atoms with E-state index < -0.39 is 0 Å². The van der Waals surface area contributed by atoms with Crippen LogP contribution in [0.3, 0.4) is 0 Å². The van der Waals surface area contributed by atoms with Crippen LogP contribution in [0.25, 0.3) is 0 Å². The third-order valence-electron chi connectivity index (χ3n) is 3.41. The lowest BCUT2D eigenvalue weighted by Crippen LogP contribution is -2.10. The van der Waals surface area contributed by atoms with Crippen molar-refractivity contribution in [2.24, 2.45) is 0 Å². The molecule has 2 aromatic rings. The Morgan fingerprint density at radius 3 is 3.06 bits per heavy atom. The van der Waals surface area contributed by atoms with Crippen LogP contribution >= 0.6 is 0 Å². The topological polar surface area (TPSA) is 50.7 Å². The van der Waals surface area contributed by atoms with Crippen molar-refractivity contribution < 1.29 is 0 Å². The Morgan fingerprint density at radius 2 is 2.22 bits per heavy atom. The highest BCUT2D eigenvalue weighted by molar-refractivity contribution is 5.49. The predicted octanol–water partition coefficient (Wildman–Crippen LogP) is 2.53. The Morgan fingerprint density at radius 1 is 1.28 bits per heavy atom. The highest BCUT2D eigenvalue weighted by Gasteiger charge is 2.18. The smallest absolute Gasteiger partial charge is 0.133 e. The Balaban J connectivity index is 1.83. The summed E-state index contributed by atoms with van der Waals surface area (Å²) in [6.07, 6.45) is 8.68. The van der Waals surface area contributed by atoms with Crippen molar-refractivity contribution >= 4 is 5.82 Å². The molecule has 2 aromatic heterocycles. The Kier molecular flexibility index (Phi) is 2.92. The number of anilines is 1. The molecule has 2 heterocycles. The molecule has 0 amide bonds. The molecule has 0 unspecified atom stereocenters. The fraction of sp³-hybridized carbons (Fsp3) is 0.357. The third kappa shape index (κ3) is 2.06. The second kappa shape index (κ2) is 4.72. The van der Waals surface area contributed by atoms with Gasteiger partial charge < -0.3 is 5.32 Å². The van der Waals surface area contributed by atoms with Crippen molar-refractivity contribution in [2.45, 2.75) is 32.2 Å². The lowest BCUT2D eigenvalue weighted by molar-refractivity contribution is 0.856. The van der Waals surface area contributed by atoms with Crippen LogP contribution in [-0.2, 0) is 12.8 Å². The van der Waals surface area contributed by atoms with Crippen LogP contribution in [0, 0.1) is 0 Å². The first kappa shape index (κ1) is 11.1. The van der Waals surface area contributed by atoms with E-state index in [0.29, 0.717) is 0 Å². The van der Waals surface area contributed by atoms with E-state index in [1.54, 1.807) is 12.5 Å². The number of nitrogens with one attached hydrogen (secondary N) is 1. The molecule has 0 spiro atoms. The van der Waals surface area contributed by atoms with Crippen molar-refractivity contribution in [3.63, 3.8) is 0 Å². The number of nitrogens with zero attached hydrogens (tertiary/aromatic N) is 3. The fourth-order valence-corrected chi connectivity index (χ4v) is 2.40. The molecule has 0 aliphatic heterocycles. The minimum absolute atomic E-state index is 0.207. The van der Waals surface area contributed by atoms with Crippen LogP contribution in [-0.4, -0.2) is 15.0 Å². The molecule has 4 heteroatoms. The Bertz CT molecular complexity index is 539. The number of rotatable bonds is 3. The zero-order chi connectivity index (χ0) is 12.4. The molecule has 0 aromatic carbocycles. The summed E-state index contributed by atoms with van der Waals surface area (Å²) in [4.78, 5) is 12.9. The van der Waals surface area contributed by atoms with E-state index in [1.807, 2.05) is 12.3 Å². The summed E-state index contributed by atoms with van der Waals surface area (Å²) in [7, 11) is 0. The van der Waals surface area contributed by atoms with E-state index in [4.69, 9.17) is 0 Å². The average molecular weight is 240 g/mol. The average Bonchev–Trinajstić information content (AvgIpc) is 2.89. The van der Waals surface area contributed by atoms with E-state index in [0.717, 1.165) is 18.7 Å². The molecule has 1 aliphatic rings. The molecule has 0 bridgehead atoms. The van der Waals surface area contributed by atoms with Gasteiger partial charge in [-0.25, -0.2) is 9.97 Å². The largest absolute Gasteiger partial charge is 0.363 e. The highest BCUT2D eigenvalue weighted by atomic mass is 15.0. The van der Waals surface area contributed by atoms with Gasteiger partial charge >= 0.3 is 0 Å². The first-order valence-corrected chi connectivity index (χ1v) is 6.34. The van der Waals surface area contributed by atoms with E-state index in [9.17, 15) is 0 Å². The van der Waals surface area contributed by atoms with Crippen LogP contribution in [0.2, 0.25) is 0 Å². The molecule has 0 saturated carbocycles. The molecule has 0 saturated heterocycles. The van der Waals surface area contributed by atoms with Crippen molar-refractivity contribution in [3.05, 3.63) is 47.7 Å². The number of aryl methyl sites for hydroxylation is 1. The van der Waals surface area contributed by atoms with Gasteiger partial charge in [0.05, 0.1) is 6.04 Å². The SMILES string of the molecule is C[C@H](Nc1ncnc2c1CCC2)c1cccnc1. The molecule has 0 radical (unpaired) electrons. The predicted molar refractivity (Wildman–Crippen MR) is 70.3 cm³/mol. The van der Waals surface area contributed by atoms with E-state index in [-0.39, 0.29) is 6.04 Å². The lowest BCUT2D eigenvalue weighted by atomic mass is 10.1. The number of hydrogen-bond donors (Lipinski definition) is 1. The first-order chi connectivity index (χ1) is 8.84. The van der Waals surface area contributed by atoms with Crippen LogP contribution in [0.4, 0.5) is 5.82 Å². The maximum atomic E-state index is 4.37. The maximum Gasteiger partial charge on any atom is 0.133 e. The van der Waals surface area contributed by atoms with Crippen molar-refractivity contribution in [1.29, 1.82) is 0 Å². The number of fused-ring (bicyclic) bond motifs is 1. The summed E-state index contributed by atoms with van der Waals surface area (Å²) >= 11 is 0. The summed E-state index contributed by atoms with van der Waals surface area (Å²) in [6.45, 7) is 2.13. The van der Waals surface area contributed by atoms with Gasteiger partial charge in [-0.1, -0.05) is 6.07 Å². The van der Waals surface area contributed by atoms with Crippen molar-refractivity contribution in [2.75, 3.05) is 5.32 Å². The summed E-state index contributed by atoms with van der Waals surface area (Å²) < 4.78 is 0. The summed E-state index contributed by atoms with van der Waals surface area (Å²) in [6, 6.07) is 4.24. The van der Waals surface area contributed by atoms with E-state index in [1.165, 1.54) is 23.2 Å². The Hall–Kier alpha value is -1.97. The van der Waals surface area contributed by atoms with Gasteiger partial charge in [0.1, 0.15) is 12.1 Å². The number of aromatic nitrogens is 3. The number of hydrogen-bond acceptors (Lipinski definition) is 4. The molecule has 0 fully saturated rings. The van der Waals surface area contributed by atoms with E-state index in [2.05, 4.69) is 33.3 Å². The molecule has 18 heavy (non-hydrogen) atoms. The van der Waals surface area contributed by atoms with Gasteiger partial charge in [-0.15, -0.1) is 0 Å². The van der Waals surface area contributed by atoms with Crippen LogP contribution in [0.1, 0.15) is 36.2 Å². The standard InChI is InChI=1S/C14H16N4/c1-10(11-4-3-7-15-8-11)18-14-12-5-2-6-13(12)16-9-17-14/h3-4,7-10H,2,5-6H2,1H3,(H,16,17,18)/t10-/m0/s1. The molecule has 1 aliphatic carbocycles. The zero-order valence-corrected chi connectivity index (χ0v) is 10.4. The second-order valence-electron chi connectivity index (χ2n) is 4.65. The van der Waals surface area contributed by atoms with Crippen LogP contribution in [0.15, 0.2) is 30.9 Å². The highest BCUT2D eigenvalue weighted by Crippen LogP contribution is 2.27. The molecule has 4 nitrogen and oxygen atoms in total. The van der Waals surface area contributed by atoms with E-state index >= 15 is 0 Å². The number of pyridine rings is 1. The molecule has 92 valence electrons. The monoisotopic (exact) mass is 240 g/mol. The summed E-state index contributed by atoms with van der Waals surface area (Å²) in [5.74, 6) is 0.980. The summed E-state index contributed by atoms with van der Waals surface area (Å²) in [5, 5.41) is 3.47. The molecular weight excluding hydrogens is 224 g/mol. The minimum Gasteiger partial charge on any atom is -0.363 e. The Labute approximate surface area is 107 Å². The normalized spacial score (nSPS) is 15.2. The lowest BCUT2D eigenvalue weighted by Gasteiger charge is -2.16. The summed E-state index contributed by atoms with van der Waals surface area (Å²) in [5.41, 5.74) is 3.65. The zero-order valence-electron chi connectivity index (χ0n) is 10.4. The molecular formula is C14H16N4. The minimum atomic E-state index is 0.207. The van der Waals surface area contributed by atoms with Gasteiger partial charge in [0.15, 0.2) is 0 Å². The van der Waals surface area contributed by atoms with Gasteiger partial charge in [0, 0.05) is 23.7 Å². The molecule has 1 atom stereocenters.